The van der Waals surface area contributed by atoms with Crippen LogP contribution in [0.2, 0.25) is 0 Å². The molecule has 0 aliphatic carbocycles. The van der Waals surface area contributed by atoms with E-state index in [1.807, 2.05) is 0 Å². The highest BCUT2D eigenvalue weighted by molar-refractivity contribution is 14.0. The van der Waals surface area contributed by atoms with E-state index in [4.69, 9.17) is 4.99 Å². The van der Waals surface area contributed by atoms with Gasteiger partial charge in [-0.05, 0) is 39.2 Å². The van der Waals surface area contributed by atoms with Gasteiger partial charge >= 0.3 is 0 Å². The number of piperazine rings is 1. The molecule has 2 fully saturated rings. The quantitative estimate of drug-likeness (QED) is 0.299. The number of hydrogen-bond acceptors (Lipinski definition) is 4. The fourth-order valence-electron chi connectivity index (χ4n) is 4.14. The minimum absolute atomic E-state index is 0. The summed E-state index contributed by atoms with van der Waals surface area (Å²) in [6.07, 6.45) is 0. The van der Waals surface area contributed by atoms with Crippen molar-refractivity contribution in [3.8, 4) is 0 Å². The van der Waals surface area contributed by atoms with Crippen LogP contribution >= 0.6 is 24.0 Å². The first-order valence-corrected chi connectivity index (χ1v) is 11.2. The van der Waals surface area contributed by atoms with E-state index in [0.717, 1.165) is 32.1 Å². The van der Waals surface area contributed by atoms with Gasteiger partial charge in [-0.15, -0.1) is 24.0 Å². The number of likely N-dealkylation sites (N-methyl/N-ethyl adjacent to an activating group) is 1. The number of halogens is 1. The molecule has 2 aliphatic heterocycles. The molecule has 0 aromatic heterocycles. The molecule has 2 saturated heterocycles. The van der Waals surface area contributed by atoms with Gasteiger partial charge < -0.3 is 20.4 Å². The average molecular weight is 509 g/mol. The topological polar surface area (TPSA) is 46.1 Å². The van der Waals surface area contributed by atoms with Crippen molar-refractivity contribution in [2.24, 2.45) is 16.8 Å². The first-order valence-electron chi connectivity index (χ1n) is 11.2. The smallest absolute Gasteiger partial charge is 0.191 e. The Labute approximate surface area is 190 Å². The predicted octanol–water partition coefficient (Wildman–Crippen LogP) is 2.16. The summed E-state index contributed by atoms with van der Waals surface area (Å²) in [6, 6.07) is 1.11. The van der Waals surface area contributed by atoms with E-state index in [0.29, 0.717) is 23.9 Å². The van der Waals surface area contributed by atoms with Gasteiger partial charge in [-0.2, -0.15) is 0 Å². The number of likely N-dealkylation sites (tertiary alicyclic amines) is 1. The Morgan fingerprint density at radius 3 is 2.21 bits per heavy atom. The Morgan fingerprint density at radius 2 is 1.68 bits per heavy atom. The van der Waals surface area contributed by atoms with E-state index in [1.54, 1.807) is 0 Å². The number of rotatable bonds is 8. The van der Waals surface area contributed by atoms with E-state index in [-0.39, 0.29) is 24.0 Å². The van der Waals surface area contributed by atoms with Gasteiger partial charge in [-0.3, -0.25) is 9.89 Å². The monoisotopic (exact) mass is 508 g/mol. The Hall–Kier alpha value is -0.120. The molecule has 7 heteroatoms. The SMILES string of the molecule is CCNC(=NCC(C)CN1CCN(CC)CC1)NC1CN(C(C)C)CC1C.I. The van der Waals surface area contributed by atoms with Crippen LogP contribution in [0, 0.1) is 11.8 Å². The second-order valence-electron chi connectivity index (χ2n) is 8.84. The van der Waals surface area contributed by atoms with Crippen molar-refractivity contribution in [2.75, 3.05) is 65.4 Å². The second-order valence-corrected chi connectivity index (χ2v) is 8.84. The summed E-state index contributed by atoms with van der Waals surface area (Å²) < 4.78 is 0. The predicted molar refractivity (Wildman–Crippen MR) is 132 cm³/mol. The lowest BCUT2D eigenvalue weighted by Gasteiger charge is -2.35. The van der Waals surface area contributed by atoms with Gasteiger partial charge in [0.2, 0.25) is 0 Å². The molecule has 0 radical (unpaired) electrons. The largest absolute Gasteiger partial charge is 0.357 e. The van der Waals surface area contributed by atoms with Crippen LogP contribution in [0.25, 0.3) is 0 Å². The van der Waals surface area contributed by atoms with Crippen LogP contribution in [0.15, 0.2) is 4.99 Å². The summed E-state index contributed by atoms with van der Waals surface area (Å²) >= 11 is 0. The van der Waals surface area contributed by atoms with Gasteiger partial charge in [0.15, 0.2) is 5.96 Å². The fraction of sp³-hybridized carbons (Fsp3) is 0.952. The minimum Gasteiger partial charge on any atom is -0.357 e. The Balaban J connectivity index is 0.00000392. The molecule has 2 N–H and O–H groups in total. The van der Waals surface area contributed by atoms with E-state index in [2.05, 4.69) is 66.9 Å². The maximum atomic E-state index is 4.92. The number of hydrogen-bond donors (Lipinski definition) is 2. The third-order valence-electron chi connectivity index (χ3n) is 6.08. The molecule has 0 amide bonds. The maximum absolute atomic E-state index is 4.92. The van der Waals surface area contributed by atoms with Crippen LogP contribution in [-0.2, 0) is 0 Å². The molecule has 2 aliphatic rings. The average Bonchev–Trinajstić information content (AvgIpc) is 3.01. The third-order valence-corrected chi connectivity index (χ3v) is 6.08. The van der Waals surface area contributed by atoms with Crippen molar-refractivity contribution in [2.45, 2.75) is 53.6 Å². The second kappa shape index (κ2) is 13.2. The lowest BCUT2D eigenvalue weighted by Crippen LogP contribution is -2.48. The van der Waals surface area contributed by atoms with Crippen molar-refractivity contribution in [1.82, 2.24) is 25.3 Å². The molecule has 3 unspecified atom stereocenters. The van der Waals surface area contributed by atoms with Crippen molar-refractivity contribution in [1.29, 1.82) is 0 Å². The zero-order chi connectivity index (χ0) is 19.8. The lowest BCUT2D eigenvalue weighted by atomic mass is 10.1. The van der Waals surface area contributed by atoms with Crippen LogP contribution in [0.5, 0.6) is 0 Å². The molecule has 0 spiro atoms. The maximum Gasteiger partial charge on any atom is 0.191 e. The molecule has 6 nitrogen and oxygen atoms in total. The van der Waals surface area contributed by atoms with Gasteiger partial charge in [0, 0.05) is 71.0 Å². The molecule has 0 aromatic carbocycles. The Morgan fingerprint density at radius 1 is 1.04 bits per heavy atom. The third kappa shape index (κ3) is 8.32. The fourth-order valence-corrected chi connectivity index (χ4v) is 4.14. The zero-order valence-electron chi connectivity index (χ0n) is 19.1. The van der Waals surface area contributed by atoms with Gasteiger partial charge in [-0.1, -0.05) is 20.8 Å². The molecule has 166 valence electrons. The molecule has 0 bridgehead atoms. The van der Waals surface area contributed by atoms with E-state index in [1.165, 1.54) is 39.3 Å². The standard InChI is InChI=1S/C21H44N6.HI/c1-7-22-21(24-20-16-27(17(3)4)15-19(20)6)23-13-18(5)14-26-11-9-25(8-2)10-12-26;/h17-20H,7-16H2,1-6H3,(H2,22,23,24);1H. The molecule has 2 heterocycles. The number of nitrogens with zero attached hydrogens (tertiary/aromatic N) is 4. The van der Waals surface area contributed by atoms with Gasteiger partial charge in [0.25, 0.3) is 0 Å². The van der Waals surface area contributed by atoms with Gasteiger partial charge in [0.1, 0.15) is 0 Å². The highest BCUT2D eigenvalue weighted by atomic mass is 127. The van der Waals surface area contributed by atoms with Crippen LogP contribution in [0.3, 0.4) is 0 Å². The number of nitrogens with one attached hydrogen (secondary N) is 2. The summed E-state index contributed by atoms with van der Waals surface area (Å²) in [5.41, 5.74) is 0. The zero-order valence-corrected chi connectivity index (χ0v) is 21.4. The first-order chi connectivity index (χ1) is 12.9. The van der Waals surface area contributed by atoms with Crippen LogP contribution in [0.1, 0.15) is 41.5 Å². The molecule has 0 aromatic rings. The summed E-state index contributed by atoms with van der Waals surface area (Å²) in [7, 11) is 0. The molecule has 3 atom stereocenters. The van der Waals surface area contributed by atoms with Crippen LogP contribution in [-0.4, -0.2) is 98.2 Å². The van der Waals surface area contributed by atoms with Crippen LogP contribution < -0.4 is 10.6 Å². The summed E-state index contributed by atoms with van der Waals surface area (Å²) in [5, 5.41) is 7.15. The minimum atomic E-state index is 0. The van der Waals surface area contributed by atoms with Crippen molar-refractivity contribution >= 4 is 29.9 Å². The molecule has 2 rings (SSSR count). The van der Waals surface area contributed by atoms with Crippen LogP contribution in [0.4, 0.5) is 0 Å². The van der Waals surface area contributed by atoms with Gasteiger partial charge in [0.05, 0.1) is 0 Å². The molecular formula is C21H45IN6. The van der Waals surface area contributed by atoms with E-state index >= 15 is 0 Å². The Kier molecular flexibility index (Phi) is 12.3. The Bertz CT molecular complexity index is 450. The molecule has 0 saturated carbocycles. The highest BCUT2D eigenvalue weighted by Gasteiger charge is 2.31. The van der Waals surface area contributed by atoms with Crippen molar-refractivity contribution in [3.63, 3.8) is 0 Å². The first kappa shape index (κ1) is 25.9. The molecular weight excluding hydrogens is 463 g/mol. The lowest BCUT2D eigenvalue weighted by molar-refractivity contribution is 0.125. The summed E-state index contributed by atoms with van der Waals surface area (Å²) in [5.74, 6) is 2.23. The van der Waals surface area contributed by atoms with E-state index in [9.17, 15) is 0 Å². The number of guanidine groups is 1. The summed E-state index contributed by atoms with van der Waals surface area (Å²) in [6.45, 7) is 24.9. The highest BCUT2D eigenvalue weighted by Crippen LogP contribution is 2.18. The number of aliphatic imine (C=N–C) groups is 1. The van der Waals surface area contributed by atoms with E-state index < -0.39 is 0 Å². The normalized spacial score (nSPS) is 26.3. The van der Waals surface area contributed by atoms with Gasteiger partial charge in [-0.25, -0.2) is 0 Å². The van der Waals surface area contributed by atoms with Crippen molar-refractivity contribution in [3.05, 3.63) is 0 Å². The van der Waals surface area contributed by atoms with Crippen molar-refractivity contribution < 1.29 is 0 Å². The summed E-state index contributed by atoms with van der Waals surface area (Å²) in [4.78, 5) is 12.6. The molecule has 28 heavy (non-hydrogen) atoms.